The predicted octanol–water partition coefficient (Wildman–Crippen LogP) is 1.89. The van der Waals surface area contributed by atoms with E-state index in [4.69, 9.17) is 0 Å². The lowest BCUT2D eigenvalue weighted by atomic mass is 10.0. The third-order valence-corrected chi connectivity index (χ3v) is 4.69. The van der Waals surface area contributed by atoms with E-state index < -0.39 is 29.2 Å². The molecule has 2 amide bonds. The molecule has 0 radical (unpaired) electrons. The Balaban J connectivity index is 1.90. The molecule has 10 heteroatoms. The van der Waals surface area contributed by atoms with Crippen LogP contribution in [-0.4, -0.2) is 39.6 Å². The number of carbonyl (C=O) groups is 2. The first kappa shape index (κ1) is 20.6. The van der Waals surface area contributed by atoms with Gasteiger partial charge in [0.1, 0.15) is 5.69 Å². The van der Waals surface area contributed by atoms with Gasteiger partial charge in [0.25, 0.3) is 11.5 Å². The monoisotopic (exact) mass is 408 g/mol. The highest BCUT2D eigenvalue weighted by Crippen LogP contribution is 2.31. The van der Waals surface area contributed by atoms with Crippen LogP contribution in [0, 0.1) is 0 Å². The van der Waals surface area contributed by atoms with Crippen molar-refractivity contribution in [3.63, 3.8) is 0 Å². The summed E-state index contributed by atoms with van der Waals surface area (Å²) < 4.78 is 40.3. The van der Waals surface area contributed by atoms with Crippen molar-refractivity contribution in [2.45, 2.75) is 25.1 Å². The third-order valence-electron chi connectivity index (χ3n) is 4.69. The SMILES string of the molecule is Cn1nc(C(=O)NC(CN2CCCC2=O)c2cccc(C(F)(F)F)c2)ccc1=O. The van der Waals surface area contributed by atoms with Gasteiger partial charge in [0, 0.05) is 32.6 Å². The highest BCUT2D eigenvalue weighted by Gasteiger charge is 2.32. The summed E-state index contributed by atoms with van der Waals surface area (Å²) in [7, 11) is 1.38. The van der Waals surface area contributed by atoms with Crippen molar-refractivity contribution in [2.75, 3.05) is 13.1 Å². The molecule has 2 aromatic rings. The van der Waals surface area contributed by atoms with E-state index in [2.05, 4.69) is 10.4 Å². The molecule has 0 aliphatic carbocycles. The van der Waals surface area contributed by atoms with Gasteiger partial charge < -0.3 is 10.2 Å². The normalized spacial score (nSPS) is 15.4. The zero-order valence-corrected chi connectivity index (χ0v) is 15.6. The summed E-state index contributed by atoms with van der Waals surface area (Å²) in [6, 6.07) is 6.17. The quantitative estimate of drug-likeness (QED) is 0.819. The van der Waals surface area contributed by atoms with E-state index in [9.17, 15) is 27.6 Å². The molecule has 1 unspecified atom stereocenters. The molecule has 2 heterocycles. The van der Waals surface area contributed by atoms with Gasteiger partial charge in [-0.2, -0.15) is 18.3 Å². The highest BCUT2D eigenvalue weighted by atomic mass is 19.4. The van der Waals surface area contributed by atoms with Gasteiger partial charge in [-0.3, -0.25) is 14.4 Å². The standard InChI is InChI=1S/C19H19F3N4O3/c1-25-16(27)8-7-14(24-25)18(29)23-15(11-26-9-3-6-17(26)28)12-4-2-5-13(10-12)19(20,21)22/h2,4-5,7-8,10,15H,3,6,9,11H2,1H3,(H,23,29). The van der Waals surface area contributed by atoms with Crippen molar-refractivity contribution in [1.82, 2.24) is 20.0 Å². The number of likely N-dealkylation sites (tertiary alicyclic amines) is 1. The molecule has 0 saturated carbocycles. The van der Waals surface area contributed by atoms with Crippen LogP contribution in [0.15, 0.2) is 41.2 Å². The highest BCUT2D eigenvalue weighted by molar-refractivity contribution is 5.92. The number of carbonyl (C=O) groups excluding carboxylic acids is 2. The van der Waals surface area contributed by atoms with Gasteiger partial charge >= 0.3 is 6.18 Å². The van der Waals surface area contributed by atoms with Gasteiger partial charge in [-0.1, -0.05) is 12.1 Å². The number of hydrogen-bond acceptors (Lipinski definition) is 4. The van der Waals surface area contributed by atoms with Gasteiger partial charge in [0.2, 0.25) is 5.91 Å². The van der Waals surface area contributed by atoms with E-state index in [0.717, 1.165) is 16.8 Å². The Hall–Kier alpha value is -3.17. The van der Waals surface area contributed by atoms with Gasteiger partial charge in [0.15, 0.2) is 0 Å². The zero-order chi connectivity index (χ0) is 21.2. The van der Waals surface area contributed by atoms with Crippen LogP contribution in [0.25, 0.3) is 0 Å². The molecular formula is C19H19F3N4O3. The van der Waals surface area contributed by atoms with E-state index in [-0.39, 0.29) is 23.7 Å². The van der Waals surface area contributed by atoms with Crippen molar-refractivity contribution in [3.05, 3.63) is 63.6 Å². The number of alkyl halides is 3. The largest absolute Gasteiger partial charge is 0.416 e. The second kappa shape index (κ2) is 8.06. The molecule has 1 atom stereocenters. The minimum atomic E-state index is -4.53. The van der Waals surface area contributed by atoms with Crippen LogP contribution in [0.5, 0.6) is 0 Å². The first-order chi connectivity index (χ1) is 13.6. The Bertz CT molecular complexity index is 987. The topological polar surface area (TPSA) is 84.3 Å². The van der Waals surface area contributed by atoms with Crippen molar-refractivity contribution in [1.29, 1.82) is 0 Å². The molecule has 7 nitrogen and oxygen atoms in total. The number of benzene rings is 1. The molecule has 1 aliphatic rings. The van der Waals surface area contributed by atoms with Crippen LogP contribution in [0.1, 0.15) is 40.5 Å². The lowest BCUT2D eigenvalue weighted by molar-refractivity contribution is -0.137. The first-order valence-electron chi connectivity index (χ1n) is 8.95. The third kappa shape index (κ3) is 4.82. The van der Waals surface area contributed by atoms with Gasteiger partial charge in [-0.05, 0) is 30.2 Å². The van der Waals surface area contributed by atoms with Crippen molar-refractivity contribution in [3.8, 4) is 0 Å². The van der Waals surface area contributed by atoms with Crippen molar-refractivity contribution in [2.24, 2.45) is 7.05 Å². The smallest absolute Gasteiger partial charge is 0.342 e. The summed E-state index contributed by atoms with van der Waals surface area (Å²) in [6.45, 7) is 0.514. The fourth-order valence-electron chi connectivity index (χ4n) is 3.14. The molecule has 29 heavy (non-hydrogen) atoms. The van der Waals surface area contributed by atoms with Gasteiger partial charge in [0.05, 0.1) is 11.6 Å². The number of nitrogens with one attached hydrogen (secondary N) is 1. The average molecular weight is 408 g/mol. The average Bonchev–Trinajstić information content (AvgIpc) is 3.07. The number of rotatable bonds is 5. The molecule has 1 aromatic heterocycles. The Morgan fingerprint density at radius 3 is 2.62 bits per heavy atom. The van der Waals surface area contributed by atoms with Crippen LogP contribution < -0.4 is 10.9 Å². The van der Waals surface area contributed by atoms with E-state index in [1.165, 1.54) is 36.2 Å². The summed E-state index contributed by atoms with van der Waals surface area (Å²) >= 11 is 0. The van der Waals surface area contributed by atoms with Crippen LogP contribution in [-0.2, 0) is 18.0 Å². The summed E-state index contributed by atoms with van der Waals surface area (Å²) in [5, 5.41) is 6.50. The number of nitrogens with zero attached hydrogens (tertiary/aromatic N) is 3. The van der Waals surface area contributed by atoms with Gasteiger partial charge in [-0.15, -0.1) is 0 Å². The molecule has 0 bridgehead atoms. The molecule has 3 rings (SSSR count). The Kier molecular flexibility index (Phi) is 5.71. The summed E-state index contributed by atoms with van der Waals surface area (Å²) in [6.07, 6.45) is -3.51. The van der Waals surface area contributed by atoms with E-state index >= 15 is 0 Å². The predicted molar refractivity (Wildman–Crippen MR) is 96.9 cm³/mol. The number of amides is 2. The maximum atomic E-state index is 13.1. The van der Waals surface area contributed by atoms with E-state index in [0.29, 0.717) is 19.4 Å². The first-order valence-corrected chi connectivity index (χ1v) is 8.95. The molecular weight excluding hydrogens is 389 g/mol. The molecule has 1 saturated heterocycles. The maximum Gasteiger partial charge on any atom is 0.416 e. The molecule has 1 aromatic carbocycles. The molecule has 1 fully saturated rings. The number of halogens is 3. The van der Waals surface area contributed by atoms with E-state index in [1.54, 1.807) is 0 Å². The number of aromatic nitrogens is 2. The second-order valence-electron chi connectivity index (χ2n) is 6.77. The lowest BCUT2D eigenvalue weighted by Gasteiger charge is -2.25. The number of hydrogen-bond donors (Lipinski definition) is 1. The minimum Gasteiger partial charge on any atom is -0.342 e. The summed E-state index contributed by atoms with van der Waals surface area (Å²) in [5.41, 5.74) is -1.09. The zero-order valence-electron chi connectivity index (χ0n) is 15.6. The fourth-order valence-corrected chi connectivity index (χ4v) is 3.14. The van der Waals surface area contributed by atoms with E-state index in [1.807, 2.05) is 0 Å². The Labute approximate surface area is 164 Å². The van der Waals surface area contributed by atoms with Crippen LogP contribution in [0.2, 0.25) is 0 Å². The van der Waals surface area contributed by atoms with Crippen molar-refractivity contribution < 1.29 is 22.8 Å². The van der Waals surface area contributed by atoms with Crippen LogP contribution in [0.3, 0.4) is 0 Å². The van der Waals surface area contributed by atoms with Crippen LogP contribution in [0.4, 0.5) is 13.2 Å². The molecule has 1 N–H and O–H groups in total. The van der Waals surface area contributed by atoms with Crippen LogP contribution >= 0.6 is 0 Å². The van der Waals surface area contributed by atoms with Gasteiger partial charge in [-0.25, -0.2) is 4.68 Å². The summed E-state index contributed by atoms with van der Waals surface area (Å²) in [5.74, 6) is -0.772. The second-order valence-corrected chi connectivity index (χ2v) is 6.77. The minimum absolute atomic E-state index is 0.0393. The molecule has 1 aliphatic heterocycles. The number of aryl methyl sites for hydroxylation is 1. The Morgan fingerprint density at radius 2 is 2.00 bits per heavy atom. The summed E-state index contributed by atoms with van der Waals surface area (Å²) in [4.78, 5) is 37.6. The van der Waals surface area contributed by atoms with Crippen molar-refractivity contribution >= 4 is 11.8 Å². The Morgan fingerprint density at radius 1 is 1.24 bits per heavy atom. The molecule has 154 valence electrons. The molecule has 0 spiro atoms. The fraction of sp³-hybridized carbons (Fsp3) is 0.368. The lowest BCUT2D eigenvalue weighted by Crippen LogP contribution is -2.39. The maximum absolute atomic E-state index is 13.1.